The molecule has 1 aromatic carbocycles. The molecule has 3 saturated heterocycles. The second-order valence-electron chi connectivity index (χ2n) is 10.3. The fourth-order valence-corrected chi connectivity index (χ4v) is 6.28. The molecule has 8 nitrogen and oxygen atoms in total. The molecule has 0 radical (unpaired) electrons. The van der Waals surface area contributed by atoms with Crippen LogP contribution in [0.5, 0.6) is 0 Å². The molecule has 1 N–H and O–H groups in total. The summed E-state index contributed by atoms with van der Waals surface area (Å²) in [6, 6.07) is 10.6. The van der Waals surface area contributed by atoms with Gasteiger partial charge in [-0.25, -0.2) is 0 Å². The Labute approximate surface area is 199 Å². The lowest BCUT2D eigenvalue weighted by atomic mass is 9.73. The molecule has 8 heteroatoms. The monoisotopic (exact) mass is 467 g/mol. The minimum absolute atomic E-state index is 0.135. The number of carbonyl (C=O) groups excluding carboxylic acids is 2. The van der Waals surface area contributed by atoms with E-state index in [1.54, 1.807) is 18.2 Å². The predicted molar refractivity (Wildman–Crippen MR) is 122 cm³/mol. The number of ether oxygens (including phenoxy) is 1. The molecule has 0 unspecified atom stereocenters. The van der Waals surface area contributed by atoms with Crippen LogP contribution in [0.2, 0.25) is 0 Å². The lowest BCUT2D eigenvalue weighted by Gasteiger charge is -2.53. The van der Waals surface area contributed by atoms with Gasteiger partial charge in [-0.15, -0.1) is 0 Å². The van der Waals surface area contributed by atoms with Gasteiger partial charge in [0.25, 0.3) is 5.91 Å². The third kappa shape index (κ3) is 4.49. The number of amides is 1. The second kappa shape index (κ2) is 9.50. The fourth-order valence-electron chi connectivity index (χ4n) is 6.28. The van der Waals surface area contributed by atoms with Gasteiger partial charge >= 0.3 is 5.97 Å². The van der Waals surface area contributed by atoms with Crippen LogP contribution in [0.25, 0.3) is 0 Å². The number of hydrogen-bond donors (Lipinski definition) is 1. The van der Waals surface area contributed by atoms with Crippen LogP contribution in [0.15, 0.2) is 47.2 Å². The first-order valence-electron chi connectivity index (χ1n) is 12.5. The van der Waals surface area contributed by atoms with E-state index < -0.39 is 11.6 Å². The molecule has 1 aromatic heterocycles. The van der Waals surface area contributed by atoms with Crippen molar-refractivity contribution < 1.29 is 28.4 Å². The molecule has 0 spiro atoms. The van der Waals surface area contributed by atoms with E-state index in [4.69, 9.17) is 9.26 Å². The average Bonchev–Trinajstić information content (AvgIpc) is 3.37. The van der Waals surface area contributed by atoms with Gasteiger partial charge in [-0.3, -0.25) is 9.59 Å². The number of carbonyl (C=O) groups is 2. The van der Waals surface area contributed by atoms with Crippen molar-refractivity contribution >= 4 is 17.7 Å². The molecule has 4 heterocycles. The highest BCUT2D eigenvalue weighted by Gasteiger charge is 2.50. The topological polar surface area (TPSA) is 104 Å². The molecule has 2 bridgehead atoms. The molecular formula is C26H33N3O5. The van der Waals surface area contributed by atoms with Crippen LogP contribution in [0.1, 0.15) is 50.5 Å². The molecule has 1 saturated carbocycles. The first-order chi connectivity index (χ1) is 16.5. The van der Waals surface area contributed by atoms with E-state index in [1.165, 1.54) is 6.26 Å². The summed E-state index contributed by atoms with van der Waals surface area (Å²) in [6.07, 6.45) is 7.41. The van der Waals surface area contributed by atoms with Crippen molar-refractivity contribution in [2.45, 2.75) is 56.7 Å². The van der Waals surface area contributed by atoms with Crippen molar-refractivity contribution in [3.63, 3.8) is 0 Å². The summed E-state index contributed by atoms with van der Waals surface area (Å²) < 4.78 is 11.4. The first-order valence-corrected chi connectivity index (χ1v) is 12.5. The Kier molecular flexibility index (Phi) is 6.44. The van der Waals surface area contributed by atoms with Crippen LogP contribution in [0, 0.1) is 11.8 Å². The Hall–Kier alpha value is -2.71. The van der Waals surface area contributed by atoms with Crippen LogP contribution in [-0.4, -0.2) is 53.8 Å². The Morgan fingerprint density at radius 2 is 1.82 bits per heavy atom. The number of aromatic nitrogens is 1. The highest BCUT2D eigenvalue weighted by Crippen LogP contribution is 2.41. The highest BCUT2D eigenvalue weighted by atomic mass is 16.6. The number of esters is 1. The maximum absolute atomic E-state index is 14.3. The Morgan fingerprint density at radius 1 is 1.09 bits per heavy atom. The lowest BCUT2D eigenvalue weighted by Crippen LogP contribution is -2.67. The van der Waals surface area contributed by atoms with Gasteiger partial charge in [0.2, 0.25) is 0 Å². The standard InChI is InChI=1S/C26H33N3O5/c30-24(27-23-13-16-33-28-23)18-29-14-11-19(12-15-29)22(17-29)34-25(31)26(32,20-7-3-1-4-8-20)21-9-5-2-6-10-21/h1,3-4,7-8,13,16,19,21-22H,2,5-6,9-12,14-15,17-18H2,(H,27,28,30)/t19?,22-,26-,29?/m0/s1. The zero-order chi connectivity index (χ0) is 23.6. The summed E-state index contributed by atoms with van der Waals surface area (Å²) in [4.78, 5) is 26.3. The summed E-state index contributed by atoms with van der Waals surface area (Å²) in [7, 11) is 0. The van der Waals surface area contributed by atoms with Crippen molar-refractivity contribution in [3.8, 4) is 0 Å². The number of piperidine rings is 3. The number of nitrogens with zero attached hydrogens (tertiary/aromatic N) is 2. The normalized spacial score (nSPS) is 28.7. The molecule has 1 amide bonds. The number of rotatable bonds is 7. The van der Waals surface area contributed by atoms with Crippen molar-refractivity contribution in [1.29, 1.82) is 0 Å². The Bertz CT molecular complexity index is 981. The minimum Gasteiger partial charge on any atom is -0.837 e. The van der Waals surface area contributed by atoms with Gasteiger partial charge in [0.05, 0.1) is 13.1 Å². The van der Waals surface area contributed by atoms with E-state index in [0.717, 1.165) is 58.0 Å². The summed E-state index contributed by atoms with van der Waals surface area (Å²) in [5.74, 6) is -0.398. The van der Waals surface area contributed by atoms with Gasteiger partial charge in [0.15, 0.2) is 18.5 Å². The molecule has 4 aliphatic rings. The zero-order valence-electron chi connectivity index (χ0n) is 19.5. The van der Waals surface area contributed by atoms with E-state index in [0.29, 0.717) is 22.4 Å². The van der Waals surface area contributed by atoms with Gasteiger partial charge in [0, 0.05) is 30.4 Å². The molecule has 182 valence electrons. The number of hydrogen-bond acceptors (Lipinski definition) is 6. The van der Waals surface area contributed by atoms with Crippen LogP contribution >= 0.6 is 0 Å². The molecule has 34 heavy (non-hydrogen) atoms. The van der Waals surface area contributed by atoms with Crippen LogP contribution < -0.4 is 10.4 Å². The quantitative estimate of drug-likeness (QED) is 0.496. The first kappa shape index (κ1) is 23.1. The molecule has 1 aliphatic carbocycles. The largest absolute Gasteiger partial charge is 0.837 e. The van der Waals surface area contributed by atoms with Gasteiger partial charge in [-0.2, -0.15) is 0 Å². The Morgan fingerprint density at radius 3 is 2.50 bits per heavy atom. The lowest BCUT2D eigenvalue weighted by molar-refractivity contribution is -0.939. The smallest absolute Gasteiger partial charge is 0.300 e. The number of nitrogens with one attached hydrogen (secondary N) is 1. The van der Waals surface area contributed by atoms with Crippen LogP contribution in [0.4, 0.5) is 5.82 Å². The number of fused-ring (bicyclic) bond motifs is 3. The SMILES string of the molecule is O=C(C[N+]12CCC(CC1)[C@@H](OC(=O)[C@]([O-])(c1ccccc1)C1CCCCC1)C2)Nc1ccon1. The zero-order valence-corrected chi connectivity index (χ0v) is 19.5. The van der Waals surface area contributed by atoms with Crippen LogP contribution in [-0.2, 0) is 19.9 Å². The Balaban J connectivity index is 1.31. The third-order valence-electron chi connectivity index (χ3n) is 8.17. The van der Waals surface area contributed by atoms with E-state index in [-0.39, 0.29) is 30.4 Å². The molecule has 4 fully saturated rings. The maximum atomic E-state index is 14.3. The summed E-state index contributed by atoms with van der Waals surface area (Å²) in [5, 5.41) is 20.8. The number of quaternary nitrogens is 1. The van der Waals surface area contributed by atoms with E-state index in [1.807, 2.05) is 18.2 Å². The summed E-state index contributed by atoms with van der Waals surface area (Å²) in [5.41, 5.74) is -1.38. The van der Waals surface area contributed by atoms with Gasteiger partial charge < -0.3 is 24.2 Å². The van der Waals surface area contributed by atoms with Gasteiger partial charge in [-0.1, -0.05) is 67.6 Å². The fraction of sp³-hybridized carbons (Fsp3) is 0.577. The summed E-state index contributed by atoms with van der Waals surface area (Å²) >= 11 is 0. The minimum atomic E-state index is -1.89. The number of anilines is 1. The van der Waals surface area contributed by atoms with Crippen molar-refractivity contribution in [3.05, 3.63) is 48.2 Å². The molecule has 2 atom stereocenters. The summed E-state index contributed by atoms with van der Waals surface area (Å²) in [6.45, 7) is 2.60. The van der Waals surface area contributed by atoms with E-state index >= 15 is 0 Å². The molecule has 6 rings (SSSR count). The second-order valence-corrected chi connectivity index (χ2v) is 10.3. The van der Waals surface area contributed by atoms with Crippen molar-refractivity contribution in [2.75, 3.05) is 31.5 Å². The maximum Gasteiger partial charge on any atom is 0.300 e. The molecule has 3 aliphatic heterocycles. The third-order valence-corrected chi connectivity index (χ3v) is 8.17. The predicted octanol–water partition coefficient (Wildman–Crippen LogP) is 2.60. The molecular weight excluding hydrogens is 434 g/mol. The highest BCUT2D eigenvalue weighted by molar-refractivity contribution is 5.90. The van der Waals surface area contributed by atoms with Gasteiger partial charge in [0.1, 0.15) is 12.8 Å². The van der Waals surface area contributed by atoms with Crippen molar-refractivity contribution in [2.24, 2.45) is 11.8 Å². The van der Waals surface area contributed by atoms with Crippen molar-refractivity contribution in [1.82, 2.24) is 5.16 Å². The van der Waals surface area contributed by atoms with Gasteiger partial charge in [-0.05, 0) is 11.5 Å². The molecule has 2 aromatic rings. The van der Waals surface area contributed by atoms with Crippen LogP contribution in [0.3, 0.4) is 0 Å². The number of benzene rings is 1. The van der Waals surface area contributed by atoms with E-state index in [9.17, 15) is 14.7 Å². The van der Waals surface area contributed by atoms with E-state index in [2.05, 4.69) is 10.5 Å². The average molecular weight is 468 g/mol.